The molecule has 0 radical (unpaired) electrons. The van der Waals surface area contributed by atoms with Crippen molar-refractivity contribution in [2.45, 2.75) is 0 Å². The van der Waals surface area contributed by atoms with Crippen molar-refractivity contribution < 1.29 is 14.7 Å². The van der Waals surface area contributed by atoms with E-state index in [0.29, 0.717) is 16.4 Å². The van der Waals surface area contributed by atoms with Crippen LogP contribution >= 0.6 is 11.3 Å². The first-order valence-corrected chi connectivity index (χ1v) is 8.93. The number of aromatic hydroxyl groups is 1. The topological polar surface area (TPSA) is 129 Å². The Hall–Kier alpha value is -3.96. The fraction of sp³-hybridized carbons (Fsp3) is 0. The average molecular weight is 390 g/mol. The summed E-state index contributed by atoms with van der Waals surface area (Å²) in [6.45, 7) is 0. The van der Waals surface area contributed by atoms with E-state index in [9.17, 15) is 20.0 Å². The third-order valence-corrected chi connectivity index (χ3v) is 4.51. The van der Waals surface area contributed by atoms with Crippen LogP contribution in [0.2, 0.25) is 0 Å². The van der Waals surface area contributed by atoms with Crippen molar-refractivity contribution in [2.75, 3.05) is 5.32 Å². The minimum absolute atomic E-state index is 0.0983. The molecule has 3 aromatic rings. The highest BCUT2D eigenvalue weighted by Gasteiger charge is 2.14. The molecule has 0 atom stereocenters. The predicted molar refractivity (Wildman–Crippen MR) is 106 cm³/mol. The predicted octanol–water partition coefficient (Wildman–Crippen LogP) is 3.16. The van der Waals surface area contributed by atoms with Gasteiger partial charge in [-0.15, -0.1) is 11.3 Å². The van der Waals surface area contributed by atoms with Gasteiger partial charge in [-0.2, -0.15) is 5.26 Å². The van der Waals surface area contributed by atoms with E-state index in [0.717, 1.165) is 5.56 Å². The maximum absolute atomic E-state index is 12.4. The number of primary amides is 1. The van der Waals surface area contributed by atoms with Gasteiger partial charge in [-0.25, -0.2) is 4.98 Å². The number of benzene rings is 2. The maximum Gasteiger partial charge on any atom is 0.268 e. The van der Waals surface area contributed by atoms with E-state index in [1.807, 2.05) is 36.4 Å². The summed E-state index contributed by atoms with van der Waals surface area (Å²) in [5.74, 6) is -1.72. The number of thiazole rings is 1. The van der Waals surface area contributed by atoms with Gasteiger partial charge in [0.05, 0.1) is 11.3 Å². The summed E-state index contributed by atoms with van der Waals surface area (Å²) in [4.78, 5) is 28.1. The van der Waals surface area contributed by atoms with Crippen LogP contribution in [-0.4, -0.2) is 21.9 Å². The van der Waals surface area contributed by atoms with Gasteiger partial charge in [-0.3, -0.25) is 14.9 Å². The monoisotopic (exact) mass is 390 g/mol. The van der Waals surface area contributed by atoms with Crippen LogP contribution in [0.15, 0.2) is 59.5 Å². The second-order valence-electron chi connectivity index (χ2n) is 5.67. The zero-order valence-corrected chi connectivity index (χ0v) is 15.2. The molecule has 0 unspecified atom stereocenters. The van der Waals surface area contributed by atoms with Gasteiger partial charge >= 0.3 is 0 Å². The van der Waals surface area contributed by atoms with Crippen molar-refractivity contribution in [3.63, 3.8) is 0 Å². The number of phenols is 1. The molecule has 2 aromatic carbocycles. The third kappa shape index (κ3) is 4.23. The summed E-state index contributed by atoms with van der Waals surface area (Å²) < 4.78 is 0. The van der Waals surface area contributed by atoms with Gasteiger partial charge in [0.25, 0.3) is 11.8 Å². The highest BCUT2D eigenvalue weighted by molar-refractivity contribution is 7.14. The van der Waals surface area contributed by atoms with Crippen LogP contribution in [0.1, 0.15) is 15.9 Å². The fourth-order valence-electron chi connectivity index (χ4n) is 2.39. The number of rotatable bonds is 5. The van der Waals surface area contributed by atoms with E-state index in [-0.39, 0.29) is 16.9 Å². The number of nitrogens with one attached hydrogen (secondary N) is 1. The highest BCUT2D eigenvalue weighted by Crippen LogP contribution is 2.25. The Morgan fingerprint density at radius 2 is 1.96 bits per heavy atom. The van der Waals surface area contributed by atoms with Gasteiger partial charge in [0, 0.05) is 10.9 Å². The minimum atomic E-state index is -0.813. The number of hydrogen-bond acceptors (Lipinski definition) is 6. The Morgan fingerprint density at radius 3 is 2.64 bits per heavy atom. The number of nitrogens with two attached hydrogens (primary N) is 1. The van der Waals surface area contributed by atoms with E-state index in [1.165, 1.54) is 35.6 Å². The molecule has 0 aliphatic carbocycles. The molecule has 0 saturated carbocycles. The molecule has 3 rings (SSSR count). The van der Waals surface area contributed by atoms with Crippen molar-refractivity contribution in [1.29, 1.82) is 5.26 Å². The van der Waals surface area contributed by atoms with E-state index >= 15 is 0 Å². The molecular formula is C20H14N4O3S. The quantitative estimate of drug-likeness (QED) is 0.455. The van der Waals surface area contributed by atoms with E-state index < -0.39 is 11.8 Å². The molecule has 4 N–H and O–H groups in total. The molecule has 7 nitrogen and oxygen atoms in total. The summed E-state index contributed by atoms with van der Waals surface area (Å²) in [7, 11) is 0. The lowest BCUT2D eigenvalue weighted by Crippen LogP contribution is -2.13. The number of hydrogen-bond donors (Lipinski definition) is 3. The lowest BCUT2D eigenvalue weighted by Gasteiger charge is -2.03. The number of nitrogens with zero attached hydrogens (tertiary/aromatic N) is 2. The first-order valence-electron chi connectivity index (χ1n) is 8.05. The zero-order valence-electron chi connectivity index (χ0n) is 14.4. The molecule has 0 fully saturated rings. The largest absolute Gasteiger partial charge is 0.507 e. The lowest BCUT2D eigenvalue weighted by atomic mass is 10.1. The average Bonchev–Trinajstić information content (AvgIpc) is 3.16. The van der Waals surface area contributed by atoms with Gasteiger partial charge in [-0.1, -0.05) is 36.4 Å². The molecule has 0 spiro atoms. The standard InChI is InChI=1S/C20H14N4O3S/c21-10-14(8-12-6-7-17(25)15(9-12)18(22)26)19(27)24-20-23-16(11-28-20)13-4-2-1-3-5-13/h1-9,11,25H,(H2,22,26)(H,23,24,27)/b14-8+. The van der Waals surface area contributed by atoms with Crippen LogP contribution in [0.3, 0.4) is 0 Å². The van der Waals surface area contributed by atoms with Gasteiger partial charge in [0.15, 0.2) is 5.13 Å². The number of aromatic nitrogens is 1. The van der Waals surface area contributed by atoms with Crippen molar-refractivity contribution in [2.24, 2.45) is 5.73 Å². The molecule has 2 amide bonds. The molecule has 1 heterocycles. The van der Waals surface area contributed by atoms with E-state index in [2.05, 4.69) is 10.3 Å². The second kappa shape index (κ2) is 8.16. The Labute approximate surface area is 164 Å². The molecule has 0 aliphatic heterocycles. The normalized spacial score (nSPS) is 10.9. The van der Waals surface area contributed by atoms with E-state index in [1.54, 1.807) is 5.38 Å². The minimum Gasteiger partial charge on any atom is -0.507 e. The number of carbonyl (C=O) groups is 2. The number of amides is 2. The number of nitriles is 1. The molecule has 138 valence electrons. The summed E-state index contributed by atoms with van der Waals surface area (Å²) in [5.41, 5.74) is 6.92. The first-order chi connectivity index (χ1) is 13.5. The molecule has 1 aromatic heterocycles. The second-order valence-corrected chi connectivity index (χ2v) is 6.53. The van der Waals surface area contributed by atoms with Crippen LogP contribution in [-0.2, 0) is 4.79 Å². The zero-order chi connectivity index (χ0) is 20.1. The van der Waals surface area contributed by atoms with Crippen LogP contribution in [0.5, 0.6) is 5.75 Å². The van der Waals surface area contributed by atoms with Crippen LogP contribution < -0.4 is 11.1 Å². The highest BCUT2D eigenvalue weighted by atomic mass is 32.1. The van der Waals surface area contributed by atoms with Crippen molar-refractivity contribution >= 4 is 34.4 Å². The van der Waals surface area contributed by atoms with E-state index in [4.69, 9.17) is 5.73 Å². The fourth-order valence-corrected chi connectivity index (χ4v) is 3.11. The third-order valence-electron chi connectivity index (χ3n) is 3.76. The SMILES string of the molecule is N#C/C(=C\c1ccc(O)c(C(N)=O)c1)C(=O)Nc1nc(-c2ccccc2)cs1. The number of carbonyl (C=O) groups excluding carboxylic acids is 2. The number of anilines is 1. The van der Waals surface area contributed by atoms with Crippen molar-refractivity contribution in [3.05, 3.63) is 70.6 Å². The lowest BCUT2D eigenvalue weighted by molar-refractivity contribution is -0.112. The first kappa shape index (κ1) is 18.8. The summed E-state index contributed by atoms with van der Waals surface area (Å²) >= 11 is 1.24. The van der Waals surface area contributed by atoms with Crippen LogP contribution in [0, 0.1) is 11.3 Å². The van der Waals surface area contributed by atoms with Gasteiger partial charge in [0.1, 0.15) is 17.4 Å². The molecule has 0 aliphatic rings. The van der Waals surface area contributed by atoms with Crippen LogP contribution in [0.4, 0.5) is 5.13 Å². The maximum atomic E-state index is 12.4. The van der Waals surface area contributed by atoms with Crippen LogP contribution in [0.25, 0.3) is 17.3 Å². The van der Waals surface area contributed by atoms with Crippen molar-refractivity contribution in [1.82, 2.24) is 4.98 Å². The molecular weight excluding hydrogens is 376 g/mol. The molecule has 28 heavy (non-hydrogen) atoms. The Balaban J connectivity index is 1.80. The Kier molecular flexibility index (Phi) is 5.48. The van der Waals surface area contributed by atoms with Gasteiger partial charge in [-0.05, 0) is 23.8 Å². The summed E-state index contributed by atoms with van der Waals surface area (Å²) in [6, 6.07) is 15.3. The summed E-state index contributed by atoms with van der Waals surface area (Å²) in [6.07, 6.45) is 1.30. The molecule has 8 heteroatoms. The smallest absolute Gasteiger partial charge is 0.268 e. The summed E-state index contributed by atoms with van der Waals surface area (Å²) in [5, 5.41) is 23.7. The Bertz CT molecular complexity index is 1110. The molecule has 0 saturated heterocycles. The molecule has 0 bridgehead atoms. The van der Waals surface area contributed by atoms with Gasteiger partial charge < -0.3 is 10.8 Å². The Morgan fingerprint density at radius 1 is 1.21 bits per heavy atom. The van der Waals surface area contributed by atoms with Gasteiger partial charge in [0.2, 0.25) is 0 Å². The van der Waals surface area contributed by atoms with Crippen molar-refractivity contribution in [3.8, 4) is 23.1 Å².